The molecule has 2 rings (SSSR count). The van der Waals surface area contributed by atoms with Gasteiger partial charge in [0.1, 0.15) is 6.04 Å². The van der Waals surface area contributed by atoms with Crippen LogP contribution in [-0.2, 0) is 16.0 Å². The molecule has 4 heteroatoms. The van der Waals surface area contributed by atoms with Crippen LogP contribution in [0.4, 0.5) is 0 Å². The fourth-order valence-corrected chi connectivity index (χ4v) is 3.05. The molecule has 1 aliphatic heterocycles. The standard InChI is InChI=1S/C20H30N2O2/c1-7-20(5,6)18(24)22-13-12-14-10-8-9-11-15(14)16(22)17(23)21-19(2,3)4/h8-11,16H,7,12-13H2,1-6H3,(H,21,23)/t16-/m0/s1. The molecule has 24 heavy (non-hydrogen) atoms. The first kappa shape index (κ1) is 18.5. The van der Waals surface area contributed by atoms with Gasteiger partial charge in [0.15, 0.2) is 0 Å². The van der Waals surface area contributed by atoms with Gasteiger partial charge in [0.2, 0.25) is 11.8 Å². The number of hydrogen-bond donors (Lipinski definition) is 1. The molecule has 4 nitrogen and oxygen atoms in total. The number of carbonyl (C=O) groups excluding carboxylic acids is 2. The van der Waals surface area contributed by atoms with Gasteiger partial charge in [0.05, 0.1) is 0 Å². The first-order valence-electron chi connectivity index (χ1n) is 8.78. The Labute approximate surface area is 145 Å². The van der Waals surface area contributed by atoms with Crippen molar-refractivity contribution < 1.29 is 9.59 Å². The van der Waals surface area contributed by atoms with E-state index in [1.807, 2.05) is 59.7 Å². The predicted molar refractivity (Wildman–Crippen MR) is 96.6 cm³/mol. The molecule has 2 amide bonds. The topological polar surface area (TPSA) is 49.4 Å². The number of rotatable bonds is 3. The summed E-state index contributed by atoms with van der Waals surface area (Å²) in [5.41, 5.74) is 1.31. The quantitative estimate of drug-likeness (QED) is 0.922. The van der Waals surface area contributed by atoms with Crippen molar-refractivity contribution in [3.05, 3.63) is 35.4 Å². The van der Waals surface area contributed by atoms with Gasteiger partial charge in [-0.1, -0.05) is 45.0 Å². The Morgan fingerprint density at radius 2 is 1.79 bits per heavy atom. The maximum absolute atomic E-state index is 13.1. The minimum atomic E-state index is -0.549. The molecule has 1 aromatic rings. The lowest BCUT2D eigenvalue weighted by atomic mass is 9.84. The van der Waals surface area contributed by atoms with Crippen molar-refractivity contribution in [1.29, 1.82) is 0 Å². The first-order chi connectivity index (χ1) is 11.1. The summed E-state index contributed by atoms with van der Waals surface area (Å²) in [4.78, 5) is 27.9. The maximum atomic E-state index is 13.1. The van der Waals surface area contributed by atoms with Crippen LogP contribution in [0, 0.1) is 5.41 Å². The normalized spacial score (nSPS) is 18.1. The number of carbonyl (C=O) groups is 2. The third kappa shape index (κ3) is 3.80. The van der Waals surface area contributed by atoms with Gasteiger partial charge in [-0.15, -0.1) is 0 Å². The second kappa shape index (κ2) is 6.58. The molecule has 1 N–H and O–H groups in total. The Balaban J connectivity index is 2.44. The first-order valence-corrected chi connectivity index (χ1v) is 8.78. The fourth-order valence-electron chi connectivity index (χ4n) is 3.05. The van der Waals surface area contributed by atoms with Gasteiger partial charge in [-0.25, -0.2) is 0 Å². The highest BCUT2D eigenvalue weighted by Gasteiger charge is 2.41. The average molecular weight is 330 g/mol. The van der Waals surface area contributed by atoms with Gasteiger partial charge in [0, 0.05) is 17.5 Å². The summed E-state index contributed by atoms with van der Waals surface area (Å²) < 4.78 is 0. The Hall–Kier alpha value is -1.84. The minimum absolute atomic E-state index is 0.0496. The molecule has 0 bridgehead atoms. The summed E-state index contributed by atoms with van der Waals surface area (Å²) >= 11 is 0. The molecule has 0 aliphatic carbocycles. The van der Waals surface area contributed by atoms with Gasteiger partial charge in [-0.05, 0) is 44.7 Å². The highest BCUT2D eigenvalue weighted by atomic mass is 16.2. The van der Waals surface area contributed by atoms with E-state index in [1.165, 1.54) is 0 Å². The van der Waals surface area contributed by atoms with Gasteiger partial charge >= 0.3 is 0 Å². The molecule has 0 spiro atoms. The average Bonchev–Trinajstić information content (AvgIpc) is 2.51. The molecule has 1 aliphatic rings. The van der Waals surface area contributed by atoms with Gasteiger partial charge < -0.3 is 10.2 Å². The molecule has 0 fully saturated rings. The van der Waals surface area contributed by atoms with Crippen molar-refractivity contribution in [2.24, 2.45) is 5.41 Å². The van der Waals surface area contributed by atoms with Crippen molar-refractivity contribution in [2.45, 2.75) is 66.0 Å². The molecule has 0 radical (unpaired) electrons. The number of fused-ring (bicyclic) bond motifs is 1. The molecule has 1 heterocycles. The fraction of sp³-hybridized carbons (Fsp3) is 0.600. The van der Waals surface area contributed by atoms with Crippen LogP contribution < -0.4 is 5.32 Å². The van der Waals surface area contributed by atoms with E-state index in [0.29, 0.717) is 6.54 Å². The largest absolute Gasteiger partial charge is 0.349 e. The van der Waals surface area contributed by atoms with Crippen molar-refractivity contribution >= 4 is 11.8 Å². The highest BCUT2D eigenvalue weighted by molar-refractivity contribution is 5.91. The SMILES string of the molecule is CCC(C)(C)C(=O)N1CCc2ccccc2[C@H]1C(=O)NC(C)(C)C. The lowest BCUT2D eigenvalue weighted by Crippen LogP contribution is -2.53. The number of hydrogen-bond acceptors (Lipinski definition) is 2. The van der Waals surface area contributed by atoms with Crippen molar-refractivity contribution in [2.75, 3.05) is 6.54 Å². The summed E-state index contributed by atoms with van der Waals surface area (Å²) in [5, 5.41) is 3.05. The van der Waals surface area contributed by atoms with E-state index in [9.17, 15) is 9.59 Å². The summed E-state index contributed by atoms with van der Waals surface area (Å²) in [6.07, 6.45) is 1.54. The van der Waals surface area contributed by atoms with E-state index in [1.54, 1.807) is 4.90 Å². The number of benzene rings is 1. The van der Waals surface area contributed by atoms with E-state index < -0.39 is 11.5 Å². The smallest absolute Gasteiger partial charge is 0.247 e. The molecule has 0 saturated heterocycles. The van der Waals surface area contributed by atoms with Crippen LogP contribution in [0.1, 0.15) is 65.1 Å². The predicted octanol–water partition coefficient (Wildman–Crippen LogP) is 3.46. The summed E-state index contributed by atoms with van der Waals surface area (Å²) in [5.74, 6) is -0.0523. The summed E-state index contributed by atoms with van der Waals surface area (Å²) in [6, 6.07) is 7.41. The molecule has 0 aromatic heterocycles. The molecule has 0 saturated carbocycles. The van der Waals surface area contributed by atoms with Crippen LogP contribution in [0.2, 0.25) is 0 Å². The van der Waals surface area contributed by atoms with E-state index >= 15 is 0 Å². The zero-order valence-corrected chi connectivity index (χ0v) is 15.8. The molecular formula is C20H30N2O2. The summed E-state index contributed by atoms with van der Waals surface area (Å²) in [6.45, 7) is 12.4. The van der Waals surface area contributed by atoms with E-state index in [-0.39, 0.29) is 17.4 Å². The van der Waals surface area contributed by atoms with Crippen molar-refractivity contribution in [1.82, 2.24) is 10.2 Å². The molecule has 0 unspecified atom stereocenters. The third-order valence-corrected chi connectivity index (χ3v) is 4.75. The number of nitrogens with zero attached hydrogens (tertiary/aromatic N) is 1. The van der Waals surface area contributed by atoms with E-state index in [2.05, 4.69) is 11.4 Å². The lowest BCUT2D eigenvalue weighted by molar-refractivity contribution is -0.149. The van der Waals surface area contributed by atoms with Crippen LogP contribution >= 0.6 is 0 Å². The lowest BCUT2D eigenvalue weighted by Gasteiger charge is -2.41. The Kier molecular flexibility index (Phi) is 5.07. The van der Waals surface area contributed by atoms with Gasteiger partial charge in [-0.2, -0.15) is 0 Å². The minimum Gasteiger partial charge on any atom is -0.349 e. The maximum Gasteiger partial charge on any atom is 0.247 e. The van der Waals surface area contributed by atoms with Crippen LogP contribution in [-0.4, -0.2) is 28.8 Å². The Morgan fingerprint density at radius 3 is 2.38 bits per heavy atom. The zero-order valence-electron chi connectivity index (χ0n) is 15.8. The molecule has 1 aromatic carbocycles. The molecular weight excluding hydrogens is 300 g/mol. The van der Waals surface area contributed by atoms with Gasteiger partial charge in [-0.3, -0.25) is 9.59 Å². The monoisotopic (exact) mass is 330 g/mol. The second-order valence-corrected chi connectivity index (χ2v) is 8.33. The highest BCUT2D eigenvalue weighted by Crippen LogP contribution is 2.34. The van der Waals surface area contributed by atoms with Crippen LogP contribution in [0.3, 0.4) is 0 Å². The molecule has 1 atom stereocenters. The molecule has 132 valence electrons. The van der Waals surface area contributed by atoms with Crippen LogP contribution in [0.5, 0.6) is 0 Å². The van der Waals surface area contributed by atoms with Crippen LogP contribution in [0.25, 0.3) is 0 Å². The second-order valence-electron chi connectivity index (χ2n) is 8.33. The summed E-state index contributed by atoms with van der Waals surface area (Å²) in [7, 11) is 0. The van der Waals surface area contributed by atoms with Crippen molar-refractivity contribution in [3.8, 4) is 0 Å². The Bertz CT molecular complexity index is 629. The third-order valence-electron chi connectivity index (χ3n) is 4.75. The van der Waals surface area contributed by atoms with E-state index in [0.717, 1.165) is 24.0 Å². The zero-order chi connectivity index (χ0) is 18.1. The number of nitrogens with one attached hydrogen (secondary N) is 1. The van der Waals surface area contributed by atoms with Crippen LogP contribution in [0.15, 0.2) is 24.3 Å². The Morgan fingerprint density at radius 1 is 1.17 bits per heavy atom. The van der Waals surface area contributed by atoms with Gasteiger partial charge in [0.25, 0.3) is 0 Å². The van der Waals surface area contributed by atoms with E-state index in [4.69, 9.17) is 0 Å². The number of amides is 2. The van der Waals surface area contributed by atoms with Crippen molar-refractivity contribution in [3.63, 3.8) is 0 Å².